The molecule has 100 valence electrons. The first kappa shape index (κ1) is 15.2. The van der Waals surface area contributed by atoms with Crippen LogP contribution in [0.3, 0.4) is 0 Å². The molecule has 18 heavy (non-hydrogen) atoms. The highest BCUT2D eigenvalue weighted by molar-refractivity contribution is 6.39. The highest BCUT2D eigenvalue weighted by atomic mass is 35.5. The molecule has 0 heterocycles. The number of hydrogen-bond acceptors (Lipinski definition) is 3. The van der Waals surface area contributed by atoms with E-state index in [4.69, 9.17) is 32.7 Å². The number of methoxy groups -OCH3 is 2. The van der Waals surface area contributed by atoms with E-state index in [1.165, 1.54) is 14.2 Å². The van der Waals surface area contributed by atoms with Gasteiger partial charge in [0.2, 0.25) is 0 Å². The largest absolute Gasteiger partial charge is 0.354 e. The molecule has 0 aromatic heterocycles. The number of amides is 1. The van der Waals surface area contributed by atoms with Crippen molar-refractivity contribution in [3.63, 3.8) is 0 Å². The summed E-state index contributed by atoms with van der Waals surface area (Å²) < 4.78 is 10.1. The Hall–Kier alpha value is -0.810. The van der Waals surface area contributed by atoms with E-state index in [1.54, 1.807) is 25.1 Å². The molecule has 0 spiro atoms. The van der Waals surface area contributed by atoms with E-state index in [9.17, 15) is 4.79 Å². The maximum atomic E-state index is 12.0. The predicted octanol–water partition coefficient (Wildman–Crippen LogP) is 2.73. The van der Waals surface area contributed by atoms with E-state index in [-0.39, 0.29) is 17.5 Å². The van der Waals surface area contributed by atoms with E-state index in [2.05, 4.69) is 5.32 Å². The molecule has 1 rings (SSSR count). The summed E-state index contributed by atoms with van der Waals surface area (Å²) in [6.07, 6.45) is -0.532. The number of halogens is 2. The summed E-state index contributed by atoms with van der Waals surface area (Å²) in [4.78, 5) is 12.0. The summed E-state index contributed by atoms with van der Waals surface area (Å²) in [5, 5.41) is 3.33. The average Bonchev–Trinajstić information content (AvgIpc) is 2.30. The fourth-order valence-corrected chi connectivity index (χ4v) is 2.14. The van der Waals surface area contributed by atoms with Crippen molar-refractivity contribution in [3.8, 4) is 0 Å². The maximum absolute atomic E-state index is 12.0. The minimum Gasteiger partial charge on any atom is -0.354 e. The molecular formula is C12H15Cl2NO3. The molecule has 0 radical (unpaired) electrons. The van der Waals surface area contributed by atoms with Crippen LogP contribution >= 0.6 is 23.2 Å². The molecule has 1 unspecified atom stereocenters. The second kappa shape index (κ2) is 6.95. The van der Waals surface area contributed by atoms with Crippen LogP contribution < -0.4 is 5.32 Å². The topological polar surface area (TPSA) is 47.6 Å². The third kappa shape index (κ3) is 3.59. The van der Waals surface area contributed by atoms with Crippen LogP contribution in [0.25, 0.3) is 0 Å². The molecule has 6 heteroatoms. The van der Waals surface area contributed by atoms with Crippen LogP contribution in [0.4, 0.5) is 0 Å². The third-order valence-electron chi connectivity index (χ3n) is 2.42. The summed E-state index contributed by atoms with van der Waals surface area (Å²) in [7, 11) is 3.00. The number of benzene rings is 1. The van der Waals surface area contributed by atoms with Crippen LogP contribution in [0.2, 0.25) is 10.0 Å². The molecule has 0 fully saturated rings. The van der Waals surface area contributed by atoms with Crippen LogP contribution in [0.5, 0.6) is 0 Å². The van der Waals surface area contributed by atoms with Crippen LogP contribution in [0, 0.1) is 0 Å². The first-order chi connectivity index (χ1) is 8.51. The molecule has 1 aromatic carbocycles. The van der Waals surface area contributed by atoms with Crippen LogP contribution in [0.1, 0.15) is 17.3 Å². The number of carbonyl (C=O) groups excluding carboxylic acids is 1. The highest BCUT2D eigenvalue weighted by Gasteiger charge is 2.21. The van der Waals surface area contributed by atoms with Gasteiger partial charge in [0.25, 0.3) is 5.91 Å². The zero-order valence-electron chi connectivity index (χ0n) is 10.4. The van der Waals surface area contributed by atoms with Gasteiger partial charge < -0.3 is 14.8 Å². The van der Waals surface area contributed by atoms with Crippen molar-refractivity contribution >= 4 is 29.1 Å². The van der Waals surface area contributed by atoms with Crippen LogP contribution in [-0.2, 0) is 9.47 Å². The first-order valence-electron chi connectivity index (χ1n) is 5.31. The SMILES string of the molecule is COC(OC)C(C)NC(=O)c1c(Cl)cccc1Cl. The summed E-state index contributed by atoms with van der Waals surface area (Å²) >= 11 is 11.9. The van der Waals surface area contributed by atoms with E-state index in [0.29, 0.717) is 10.0 Å². The lowest BCUT2D eigenvalue weighted by molar-refractivity contribution is -0.117. The smallest absolute Gasteiger partial charge is 0.254 e. The number of carbonyl (C=O) groups is 1. The fraction of sp³-hybridized carbons (Fsp3) is 0.417. The molecule has 1 amide bonds. The number of nitrogens with one attached hydrogen (secondary N) is 1. The molecule has 0 bridgehead atoms. The average molecular weight is 292 g/mol. The van der Waals surface area contributed by atoms with E-state index in [0.717, 1.165) is 0 Å². The van der Waals surface area contributed by atoms with Crippen molar-refractivity contribution in [2.24, 2.45) is 0 Å². The lowest BCUT2D eigenvalue weighted by Crippen LogP contribution is -2.43. The number of ether oxygens (including phenoxy) is 2. The van der Waals surface area contributed by atoms with Crippen molar-refractivity contribution in [2.75, 3.05) is 14.2 Å². The van der Waals surface area contributed by atoms with E-state index < -0.39 is 6.29 Å². The van der Waals surface area contributed by atoms with Crippen molar-refractivity contribution in [1.82, 2.24) is 5.32 Å². The minimum absolute atomic E-state index is 0.249. The Morgan fingerprint density at radius 2 is 1.72 bits per heavy atom. The first-order valence-corrected chi connectivity index (χ1v) is 6.07. The number of rotatable bonds is 5. The molecule has 1 aromatic rings. The van der Waals surface area contributed by atoms with Crippen molar-refractivity contribution in [2.45, 2.75) is 19.3 Å². The summed E-state index contributed by atoms with van der Waals surface area (Å²) in [6, 6.07) is 4.56. The molecular weight excluding hydrogens is 277 g/mol. The second-order valence-corrected chi connectivity index (χ2v) is 4.51. The van der Waals surface area contributed by atoms with Gasteiger partial charge in [-0.15, -0.1) is 0 Å². The zero-order valence-corrected chi connectivity index (χ0v) is 11.9. The molecule has 0 aliphatic rings. The van der Waals surface area contributed by atoms with Crippen molar-refractivity contribution in [1.29, 1.82) is 0 Å². The van der Waals surface area contributed by atoms with Gasteiger partial charge >= 0.3 is 0 Å². The normalized spacial score (nSPS) is 12.6. The Bertz CT molecular complexity index is 402. The Balaban J connectivity index is 2.83. The molecule has 1 atom stereocenters. The van der Waals surface area contributed by atoms with Gasteiger partial charge in [-0.05, 0) is 19.1 Å². The zero-order chi connectivity index (χ0) is 13.7. The van der Waals surface area contributed by atoms with Gasteiger partial charge in [0, 0.05) is 14.2 Å². The summed E-state index contributed by atoms with van der Waals surface area (Å²) in [5.74, 6) is -0.364. The van der Waals surface area contributed by atoms with Gasteiger partial charge in [0.15, 0.2) is 6.29 Å². The van der Waals surface area contributed by atoms with Crippen LogP contribution in [-0.4, -0.2) is 32.5 Å². The third-order valence-corrected chi connectivity index (χ3v) is 3.05. The minimum atomic E-state index is -0.532. The Labute approximate surface area is 116 Å². The van der Waals surface area contributed by atoms with Crippen LogP contribution in [0.15, 0.2) is 18.2 Å². The highest BCUT2D eigenvalue weighted by Crippen LogP contribution is 2.24. The molecule has 4 nitrogen and oxygen atoms in total. The maximum Gasteiger partial charge on any atom is 0.254 e. The molecule has 1 N–H and O–H groups in total. The van der Waals surface area contributed by atoms with E-state index in [1.807, 2.05) is 0 Å². The quantitative estimate of drug-likeness (QED) is 0.849. The second-order valence-electron chi connectivity index (χ2n) is 3.70. The van der Waals surface area contributed by atoms with Gasteiger partial charge in [0.05, 0.1) is 21.7 Å². The van der Waals surface area contributed by atoms with Gasteiger partial charge in [0.1, 0.15) is 0 Å². The monoisotopic (exact) mass is 291 g/mol. The Kier molecular flexibility index (Phi) is 5.88. The molecule has 0 saturated heterocycles. The molecule has 0 saturated carbocycles. The van der Waals surface area contributed by atoms with Gasteiger partial charge in [-0.3, -0.25) is 4.79 Å². The predicted molar refractivity (Wildman–Crippen MR) is 71.2 cm³/mol. The molecule has 0 aliphatic carbocycles. The van der Waals surface area contributed by atoms with Gasteiger partial charge in [-0.2, -0.15) is 0 Å². The molecule has 0 aliphatic heterocycles. The summed E-state index contributed by atoms with van der Waals surface area (Å²) in [5.41, 5.74) is 0.249. The fourth-order valence-electron chi connectivity index (χ4n) is 1.57. The van der Waals surface area contributed by atoms with Crippen molar-refractivity contribution in [3.05, 3.63) is 33.8 Å². The van der Waals surface area contributed by atoms with Crippen molar-refractivity contribution < 1.29 is 14.3 Å². The Morgan fingerprint density at radius 3 is 2.17 bits per heavy atom. The lowest BCUT2D eigenvalue weighted by atomic mass is 10.2. The standard InChI is InChI=1S/C12H15Cl2NO3/c1-7(12(17-2)18-3)15-11(16)10-8(13)5-4-6-9(10)14/h4-7,12H,1-3H3,(H,15,16). The summed E-state index contributed by atoms with van der Waals surface area (Å²) in [6.45, 7) is 1.76. The van der Waals surface area contributed by atoms with Gasteiger partial charge in [-0.1, -0.05) is 29.3 Å². The number of hydrogen-bond donors (Lipinski definition) is 1. The van der Waals surface area contributed by atoms with Gasteiger partial charge in [-0.25, -0.2) is 0 Å². The van der Waals surface area contributed by atoms with E-state index >= 15 is 0 Å². The Morgan fingerprint density at radius 1 is 1.22 bits per heavy atom. The lowest BCUT2D eigenvalue weighted by Gasteiger charge is -2.22.